The molecule has 1 fully saturated rings. The number of nitrogens with one attached hydrogen (secondary N) is 1. The van der Waals surface area contributed by atoms with E-state index in [2.05, 4.69) is 5.32 Å². The second kappa shape index (κ2) is 9.53. The third-order valence-electron chi connectivity index (χ3n) is 4.60. The van der Waals surface area contributed by atoms with Crippen molar-refractivity contribution in [3.63, 3.8) is 0 Å². The molecule has 0 saturated carbocycles. The van der Waals surface area contributed by atoms with Crippen LogP contribution in [0.2, 0.25) is 0 Å². The number of piperidine rings is 1. The Kier molecular flexibility index (Phi) is 8.06. The maximum absolute atomic E-state index is 12.4. The number of rotatable bonds is 8. The van der Waals surface area contributed by atoms with Gasteiger partial charge in [-0.1, -0.05) is 33.6 Å². The summed E-state index contributed by atoms with van der Waals surface area (Å²) in [6.45, 7) is 6.94. The minimum absolute atomic E-state index is 0.0341. The van der Waals surface area contributed by atoms with Gasteiger partial charge in [0.1, 0.15) is 6.04 Å². The normalized spacial score (nSPS) is 20.7. The third-order valence-corrected chi connectivity index (χ3v) is 4.60. The zero-order valence-corrected chi connectivity index (χ0v) is 14.5. The molecular formula is C17H30N2O4. The van der Waals surface area contributed by atoms with Gasteiger partial charge in [0.2, 0.25) is 11.8 Å². The largest absolute Gasteiger partial charge is 0.480 e. The van der Waals surface area contributed by atoms with Gasteiger partial charge in [-0.3, -0.25) is 9.59 Å². The molecule has 0 aromatic heterocycles. The fourth-order valence-corrected chi connectivity index (χ4v) is 2.83. The van der Waals surface area contributed by atoms with Crippen LogP contribution >= 0.6 is 0 Å². The second-order valence-electron chi connectivity index (χ2n) is 6.47. The van der Waals surface area contributed by atoms with Crippen molar-refractivity contribution in [2.75, 3.05) is 13.1 Å². The van der Waals surface area contributed by atoms with E-state index in [-0.39, 0.29) is 23.7 Å². The van der Waals surface area contributed by atoms with Crippen molar-refractivity contribution in [1.29, 1.82) is 0 Å². The quantitative estimate of drug-likeness (QED) is 0.714. The molecule has 0 bridgehead atoms. The highest BCUT2D eigenvalue weighted by Gasteiger charge is 2.31. The lowest BCUT2D eigenvalue weighted by atomic mass is 9.95. The van der Waals surface area contributed by atoms with E-state index in [1.165, 1.54) is 0 Å². The molecule has 2 unspecified atom stereocenters. The van der Waals surface area contributed by atoms with Crippen molar-refractivity contribution in [1.82, 2.24) is 10.2 Å². The molecule has 6 nitrogen and oxygen atoms in total. The van der Waals surface area contributed by atoms with E-state index < -0.39 is 12.0 Å². The minimum Gasteiger partial charge on any atom is -0.480 e. The van der Waals surface area contributed by atoms with E-state index in [0.29, 0.717) is 25.9 Å². The Morgan fingerprint density at radius 3 is 2.57 bits per heavy atom. The molecule has 1 saturated heterocycles. The number of aliphatic carboxylic acids is 1. The van der Waals surface area contributed by atoms with Crippen LogP contribution in [0.4, 0.5) is 0 Å². The van der Waals surface area contributed by atoms with Crippen LogP contribution in [0.5, 0.6) is 0 Å². The monoisotopic (exact) mass is 326 g/mol. The standard InChI is InChI=1S/C17H30N2O4/c1-4-6-9-14(17(22)23)18-15(20)13-8-7-10-19(11-13)16(21)12(3)5-2/h12-14H,4-11H2,1-3H3,(H,18,20)(H,22,23)/t12?,13?,14-/m0/s1. The van der Waals surface area contributed by atoms with Crippen molar-refractivity contribution in [2.24, 2.45) is 11.8 Å². The molecule has 1 aliphatic heterocycles. The van der Waals surface area contributed by atoms with Gasteiger partial charge in [-0.05, 0) is 25.7 Å². The molecule has 1 aliphatic rings. The van der Waals surface area contributed by atoms with Crippen molar-refractivity contribution in [2.45, 2.75) is 65.3 Å². The first-order chi connectivity index (χ1) is 10.9. The number of carbonyl (C=O) groups excluding carboxylic acids is 2. The Labute approximate surface area is 138 Å². The molecule has 3 atom stereocenters. The number of amides is 2. The molecule has 0 aromatic rings. The summed E-state index contributed by atoms with van der Waals surface area (Å²) in [4.78, 5) is 37.6. The highest BCUT2D eigenvalue weighted by Crippen LogP contribution is 2.20. The SMILES string of the molecule is CCCC[C@H](NC(=O)C1CCCN(C(=O)C(C)CC)C1)C(=O)O. The highest BCUT2D eigenvalue weighted by atomic mass is 16.4. The van der Waals surface area contributed by atoms with Gasteiger partial charge >= 0.3 is 5.97 Å². The molecule has 1 heterocycles. The zero-order chi connectivity index (χ0) is 17.4. The van der Waals surface area contributed by atoms with Crippen LogP contribution in [-0.2, 0) is 14.4 Å². The number of nitrogens with zero attached hydrogens (tertiary/aromatic N) is 1. The number of carbonyl (C=O) groups is 3. The molecule has 0 aromatic carbocycles. The number of likely N-dealkylation sites (tertiary alicyclic amines) is 1. The van der Waals surface area contributed by atoms with Crippen LogP contribution in [-0.4, -0.2) is 46.9 Å². The molecule has 0 aliphatic carbocycles. The summed E-state index contributed by atoms with van der Waals surface area (Å²) in [7, 11) is 0. The highest BCUT2D eigenvalue weighted by molar-refractivity contribution is 5.86. The number of carboxylic acid groups (broad SMARTS) is 1. The smallest absolute Gasteiger partial charge is 0.326 e. The van der Waals surface area contributed by atoms with Crippen LogP contribution < -0.4 is 5.32 Å². The summed E-state index contributed by atoms with van der Waals surface area (Å²) in [6, 6.07) is -0.830. The number of unbranched alkanes of at least 4 members (excludes halogenated alkanes) is 1. The fraction of sp³-hybridized carbons (Fsp3) is 0.824. The molecule has 132 valence electrons. The van der Waals surface area contributed by atoms with E-state index >= 15 is 0 Å². The average molecular weight is 326 g/mol. The maximum Gasteiger partial charge on any atom is 0.326 e. The van der Waals surface area contributed by atoms with E-state index in [0.717, 1.165) is 25.7 Å². The fourth-order valence-electron chi connectivity index (χ4n) is 2.83. The first-order valence-corrected chi connectivity index (χ1v) is 8.72. The lowest BCUT2D eigenvalue weighted by molar-refractivity contribution is -0.144. The Morgan fingerprint density at radius 1 is 1.30 bits per heavy atom. The lowest BCUT2D eigenvalue weighted by Crippen LogP contribution is -2.50. The summed E-state index contributed by atoms with van der Waals surface area (Å²) in [6.07, 6.45) is 4.37. The Balaban J connectivity index is 2.61. The van der Waals surface area contributed by atoms with Crippen LogP contribution in [0.3, 0.4) is 0 Å². The van der Waals surface area contributed by atoms with Gasteiger partial charge < -0.3 is 15.3 Å². The van der Waals surface area contributed by atoms with E-state index in [9.17, 15) is 19.5 Å². The molecule has 6 heteroatoms. The number of hydrogen-bond acceptors (Lipinski definition) is 3. The third kappa shape index (κ3) is 5.84. The van der Waals surface area contributed by atoms with Crippen molar-refractivity contribution in [3.8, 4) is 0 Å². The van der Waals surface area contributed by atoms with Gasteiger partial charge in [-0.25, -0.2) is 4.79 Å². The van der Waals surface area contributed by atoms with Gasteiger partial charge in [-0.15, -0.1) is 0 Å². The number of hydrogen-bond donors (Lipinski definition) is 2. The van der Waals surface area contributed by atoms with Crippen LogP contribution in [0.25, 0.3) is 0 Å². The van der Waals surface area contributed by atoms with E-state index in [1.54, 1.807) is 4.90 Å². The molecule has 0 spiro atoms. The van der Waals surface area contributed by atoms with E-state index in [4.69, 9.17) is 0 Å². The molecular weight excluding hydrogens is 296 g/mol. The van der Waals surface area contributed by atoms with Gasteiger partial charge in [0, 0.05) is 19.0 Å². The molecule has 2 amide bonds. The second-order valence-corrected chi connectivity index (χ2v) is 6.47. The predicted octanol–water partition coefficient (Wildman–Crippen LogP) is 2.03. The first-order valence-electron chi connectivity index (χ1n) is 8.72. The first kappa shape index (κ1) is 19.5. The van der Waals surface area contributed by atoms with Gasteiger partial charge in [0.05, 0.1) is 5.92 Å². The van der Waals surface area contributed by atoms with Crippen molar-refractivity contribution < 1.29 is 19.5 Å². The Bertz CT molecular complexity index is 425. The molecule has 23 heavy (non-hydrogen) atoms. The van der Waals surface area contributed by atoms with Crippen molar-refractivity contribution in [3.05, 3.63) is 0 Å². The lowest BCUT2D eigenvalue weighted by Gasteiger charge is -2.34. The van der Waals surface area contributed by atoms with Gasteiger partial charge in [0.25, 0.3) is 0 Å². The minimum atomic E-state index is -0.991. The number of carboxylic acids is 1. The summed E-state index contributed by atoms with van der Waals surface area (Å²) in [5.74, 6) is -1.48. The zero-order valence-electron chi connectivity index (χ0n) is 14.5. The Morgan fingerprint density at radius 2 is 2.00 bits per heavy atom. The van der Waals surface area contributed by atoms with E-state index in [1.807, 2.05) is 20.8 Å². The summed E-state index contributed by atoms with van der Waals surface area (Å²) >= 11 is 0. The van der Waals surface area contributed by atoms with Crippen LogP contribution in [0, 0.1) is 11.8 Å². The van der Waals surface area contributed by atoms with Crippen LogP contribution in [0.1, 0.15) is 59.3 Å². The molecule has 1 rings (SSSR count). The topological polar surface area (TPSA) is 86.7 Å². The maximum atomic E-state index is 12.4. The summed E-state index contributed by atoms with van der Waals surface area (Å²) < 4.78 is 0. The predicted molar refractivity (Wildman–Crippen MR) is 87.9 cm³/mol. The Hall–Kier alpha value is -1.59. The molecule has 0 radical (unpaired) electrons. The summed E-state index contributed by atoms with van der Waals surface area (Å²) in [5.41, 5.74) is 0. The van der Waals surface area contributed by atoms with Gasteiger partial charge in [-0.2, -0.15) is 0 Å². The average Bonchev–Trinajstić information content (AvgIpc) is 2.56. The summed E-state index contributed by atoms with van der Waals surface area (Å²) in [5, 5.41) is 11.9. The molecule has 2 N–H and O–H groups in total. The van der Waals surface area contributed by atoms with Crippen molar-refractivity contribution >= 4 is 17.8 Å². The van der Waals surface area contributed by atoms with Crippen LogP contribution in [0.15, 0.2) is 0 Å². The van der Waals surface area contributed by atoms with Gasteiger partial charge in [0.15, 0.2) is 0 Å².